The second-order valence-corrected chi connectivity index (χ2v) is 6.74. The van der Waals surface area contributed by atoms with Gasteiger partial charge in [-0.05, 0) is 43.4 Å². The average Bonchev–Trinajstić information content (AvgIpc) is 2.78. The Kier molecular flexibility index (Phi) is 6.58. The van der Waals surface area contributed by atoms with Gasteiger partial charge in [-0.15, -0.1) is 0 Å². The number of hydrogen-bond acceptors (Lipinski definition) is 4. The highest BCUT2D eigenvalue weighted by Crippen LogP contribution is 2.21. The SMILES string of the molecule is CSCC[C@H](O)C(=O)N1CCCN(c2ccccc2C)CC1. The van der Waals surface area contributed by atoms with Gasteiger partial charge in [0, 0.05) is 31.9 Å². The second-order valence-electron chi connectivity index (χ2n) is 5.75. The minimum Gasteiger partial charge on any atom is -0.383 e. The molecule has 0 saturated carbocycles. The molecule has 4 nitrogen and oxygen atoms in total. The molecule has 122 valence electrons. The molecule has 0 spiro atoms. The molecule has 1 N–H and O–H groups in total. The number of amides is 1. The topological polar surface area (TPSA) is 43.8 Å². The molecule has 0 unspecified atom stereocenters. The highest BCUT2D eigenvalue weighted by Gasteiger charge is 2.24. The number of aliphatic hydroxyl groups excluding tert-OH is 1. The van der Waals surface area contributed by atoms with Crippen LogP contribution >= 0.6 is 11.8 Å². The molecule has 1 aromatic carbocycles. The average molecular weight is 322 g/mol. The third-order valence-electron chi connectivity index (χ3n) is 4.14. The van der Waals surface area contributed by atoms with Crippen molar-refractivity contribution in [1.29, 1.82) is 0 Å². The fourth-order valence-corrected chi connectivity index (χ4v) is 3.32. The molecule has 1 aliphatic heterocycles. The number of carbonyl (C=O) groups is 1. The fourth-order valence-electron chi connectivity index (χ4n) is 2.86. The highest BCUT2D eigenvalue weighted by molar-refractivity contribution is 7.98. The molecule has 22 heavy (non-hydrogen) atoms. The summed E-state index contributed by atoms with van der Waals surface area (Å²) < 4.78 is 0. The summed E-state index contributed by atoms with van der Waals surface area (Å²) in [5.74, 6) is 0.705. The van der Waals surface area contributed by atoms with Crippen LogP contribution in [0.5, 0.6) is 0 Å². The van der Waals surface area contributed by atoms with Gasteiger partial charge in [0.2, 0.25) is 0 Å². The van der Waals surface area contributed by atoms with Crippen LogP contribution in [-0.2, 0) is 4.79 Å². The number of carbonyl (C=O) groups excluding carboxylic acids is 1. The number of aliphatic hydroxyl groups is 1. The van der Waals surface area contributed by atoms with Crippen LogP contribution in [-0.4, -0.2) is 60.2 Å². The van der Waals surface area contributed by atoms with Crippen molar-refractivity contribution in [3.05, 3.63) is 29.8 Å². The van der Waals surface area contributed by atoms with Crippen molar-refractivity contribution in [2.45, 2.75) is 25.9 Å². The van der Waals surface area contributed by atoms with E-state index in [9.17, 15) is 9.90 Å². The van der Waals surface area contributed by atoms with Gasteiger partial charge >= 0.3 is 0 Å². The van der Waals surface area contributed by atoms with Gasteiger partial charge in [0.25, 0.3) is 5.91 Å². The summed E-state index contributed by atoms with van der Waals surface area (Å²) in [4.78, 5) is 16.5. The third kappa shape index (κ3) is 4.40. The number of nitrogens with zero attached hydrogens (tertiary/aromatic N) is 2. The van der Waals surface area contributed by atoms with Crippen molar-refractivity contribution in [2.75, 3.05) is 43.1 Å². The van der Waals surface area contributed by atoms with Gasteiger partial charge in [-0.3, -0.25) is 4.79 Å². The molecule has 0 radical (unpaired) electrons. The summed E-state index contributed by atoms with van der Waals surface area (Å²) in [6.07, 6.45) is 2.62. The Balaban J connectivity index is 1.95. The van der Waals surface area contributed by atoms with Crippen LogP contribution in [0.15, 0.2) is 24.3 Å². The van der Waals surface area contributed by atoms with E-state index >= 15 is 0 Å². The Morgan fingerprint density at radius 3 is 2.77 bits per heavy atom. The van der Waals surface area contributed by atoms with E-state index in [2.05, 4.69) is 36.1 Å². The van der Waals surface area contributed by atoms with Gasteiger partial charge < -0.3 is 14.9 Å². The molecule has 1 saturated heterocycles. The zero-order valence-corrected chi connectivity index (χ0v) is 14.3. The van der Waals surface area contributed by atoms with Gasteiger partial charge in [-0.25, -0.2) is 0 Å². The maximum Gasteiger partial charge on any atom is 0.251 e. The largest absolute Gasteiger partial charge is 0.383 e. The number of para-hydroxylation sites is 1. The predicted octanol–water partition coefficient (Wildman–Crippen LogP) is 2.15. The third-order valence-corrected chi connectivity index (χ3v) is 4.79. The minimum absolute atomic E-state index is 0.110. The Hall–Kier alpha value is -1.20. The smallest absolute Gasteiger partial charge is 0.251 e. The molecule has 1 amide bonds. The van der Waals surface area contributed by atoms with Crippen LogP contribution in [0.3, 0.4) is 0 Å². The maximum atomic E-state index is 12.3. The van der Waals surface area contributed by atoms with Crippen molar-refractivity contribution in [2.24, 2.45) is 0 Å². The van der Waals surface area contributed by atoms with E-state index in [0.29, 0.717) is 13.0 Å². The van der Waals surface area contributed by atoms with Crippen LogP contribution < -0.4 is 4.90 Å². The van der Waals surface area contributed by atoms with E-state index in [1.807, 2.05) is 11.2 Å². The van der Waals surface area contributed by atoms with Crippen molar-refractivity contribution in [3.8, 4) is 0 Å². The van der Waals surface area contributed by atoms with Crippen molar-refractivity contribution >= 4 is 23.4 Å². The van der Waals surface area contributed by atoms with Gasteiger partial charge in [0.05, 0.1) is 0 Å². The van der Waals surface area contributed by atoms with Crippen LogP contribution in [0, 0.1) is 6.92 Å². The first-order valence-electron chi connectivity index (χ1n) is 7.90. The van der Waals surface area contributed by atoms with Gasteiger partial charge in [0.1, 0.15) is 6.10 Å². The van der Waals surface area contributed by atoms with E-state index in [1.54, 1.807) is 11.8 Å². The van der Waals surface area contributed by atoms with E-state index in [-0.39, 0.29) is 5.91 Å². The summed E-state index contributed by atoms with van der Waals surface area (Å²) in [5, 5.41) is 10.0. The Bertz CT molecular complexity index is 495. The number of rotatable bonds is 5. The molecule has 1 aromatic rings. The molecule has 1 fully saturated rings. The monoisotopic (exact) mass is 322 g/mol. The second kappa shape index (κ2) is 8.44. The molecule has 1 aliphatic rings. The lowest BCUT2D eigenvalue weighted by molar-refractivity contribution is -0.140. The number of hydrogen-bond donors (Lipinski definition) is 1. The lowest BCUT2D eigenvalue weighted by Gasteiger charge is -2.26. The summed E-state index contributed by atoms with van der Waals surface area (Å²) in [6.45, 7) is 5.32. The first-order chi connectivity index (χ1) is 10.6. The molecule has 1 heterocycles. The normalized spacial score (nSPS) is 17.2. The van der Waals surface area contributed by atoms with Crippen LogP contribution in [0.4, 0.5) is 5.69 Å². The van der Waals surface area contributed by atoms with Crippen LogP contribution in [0.25, 0.3) is 0 Å². The number of thioether (sulfide) groups is 1. The van der Waals surface area contributed by atoms with Crippen LogP contribution in [0.1, 0.15) is 18.4 Å². The first-order valence-corrected chi connectivity index (χ1v) is 9.29. The standard InChI is InChI=1S/C17H26N2O2S/c1-14-6-3-4-7-15(14)18-9-5-10-19(12-11-18)17(21)16(20)8-13-22-2/h3-4,6-7,16,20H,5,8-13H2,1-2H3/t16-/m0/s1. The highest BCUT2D eigenvalue weighted by atomic mass is 32.2. The Labute approximate surface area is 137 Å². The van der Waals surface area contributed by atoms with Gasteiger partial charge in [-0.1, -0.05) is 18.2 Å². The van der Waals surface area contributed by atoms with Gasteiger partial charge in [-0.2, -0.15) is 11.8 Å². The molecule has 0 aliphatic carbocycles. The van der Waals surface area contributed by atoms with Crippen molar-refractivity contribution in [3.63, 3.8) is 0 Å². The van der Waals surface area contributed by atoms with E-state index < -0.39 is 6.10 Å². The molecule has 0 bridgehead atoms. The summed E-state index contributed by atoms with van der Waals surface area (Å²) >= 11 is 1.66. The van der Waals surface area contributed by atoms with E-state index in [1.165, 1.54) is 11.3 Å². The Morgan fingerprint density at radius 2 is 2.05 bits per heavy atom. The van der Waals surface area contributed by atoms with Crippen LogP contribution in [0.2, 0.25) is 0 Å². The lowest BCUT2D eigenvalue weighted by Crippen LogP contribution is -2.41. The number of aryl methyl sites for hydroxylation is 1. The van der Waals surface area contributed by atoms with Crippen molar-refractivity contribution < 1.29 is 9.90 Å². The fraction of sp³-hybridized carbons (Fsp3) is 0.588. The molecule has 1 atom stereocenters. The number of anilines is 1. The Morgan fingerprint density at radius 1 is 1.27 bits per heavy atom. The molecule has 0 aromatic heterocycles. The molecule has 5 heteroatoms. The summed E-state index contributed by atoms with van der Waals surface area (Å²) in [6, 6.07) is 8.37. The molecule has 2 rings (SSSR count). The van der Waals surface area contributed by atoms with E-state index in [4.69, 9.17) is 0 Å². The number of benzene rings is 1. The first kappa shape index (κ1) is 17.2. The summed E-state index contributed by atoms with van der Waals surface area (Å²) in [5.41, 5.74) is 2.52. The lowest BCUT2D eigenvalue weighted by atomic mass is 10.2. The molecular weight excluding hydrogens is 296 g/mol. The predicted molar refractivity (Wildman–Crippen MR) is 93.6 cm³/mol. The van der Waals surface area contributed by atoms with E-state index in [0.717, 1.165) is 31.8 Å². The van der Waals surface area contributed by atoms with Gasteiger partial charge in [0.15, 0.2) is 0 Å². The zero-order valence-electron chi connectivity index (χ0n) is 13.5. The zero-order chi connectivity index (χ0) is 15.9. The quantitative estimate of drug-likeness (QED) is 0.902. The molecular formula is C17H26N2O2S. The van der Waals surface area contributed by atoms with Crippen molar-refractivity contribution in [1.82, 2.24) is 4.90 Å². The maximum absolute atomic E-state index is 12.3. The summed E-state index contributed by atoms with van der Waals surface area (Å²) in [7, 11) is 0. The minimum atomic E-state index is -0.850.